The average molecular weight is 334 g/mol. The highest BCUT2D eigenvalue weighted by atomic mass is 32.2. The van der Waals surface area contributed by atoms with Crippen LogP contribution in [0.4, 0.5) is 8.78 Å². The molecule has 4 nitrogen and oxygen atoms in total. The molecule has 0 aromatic heterocycles. The van der Waals surface area contributed by atoms with Crippen LogP contribution in [0.5, 0.6) is 0 Å². The van der Waals surface area contributed by atoms with Crippen LogP contribution in [-0.2, 0) is 9.59 Å². The summed E-state index contributed by atoms with van der Waals surface area (Å²) in [5, 5.41) is 2.57. The number of likely N-dealkylation sites (tertiary alicyclic amines) is 1. The molecule has 0 spiro atoms. The van der Waals surface area contributed by atoms with Gasteiger partial charge in [0.1, 0.15) is 12.2 Å². The number of carbonyl (C=O) groups excluding carboxylic acids is 2. The number of nitrogens with one attached hydrogen (secondary N) is 1. The van der Waals surface area contributed by atoms with Crippen molar-refractivity contribution >= 4 is 23.6 Å². The molecule has 1 saturated heterocycles. The first-order chi connectivity index (χ1) is 10.1. The van der Waals surface area contributed by atoms with Crippen LogP contribution in [0.3, 0.4) is 0 Å². The summed E-state index contributed by atoms with van der Waals surface area (Å²) in [5.74, 6) is -1.05. The van der Waals surface area contributed by atoms with Crippen molar-refractivity contribution < 1.29 is 18.4 Å². The Balaban J connectivity index is 2.17. The Bertz CT molecular complexity index is 468. The quantitative estimate of drug-likeness (QED) is 0.837. The largest absolute Gasteiger partial charge is 0.340 e. The molecule has 0 aromatic carbocycles. The van der Waals surface area contributed by atoms with Gasteiger partial charge < -0.3 is 10.2 Å². The van der Waals surface area contributed by atoms with Crippen molar-refractivity contribution in [2.75, 3.05) is 12.8 Å². The third kappa shape index (κ3) is 3.24. The second-order valence-electron chi connectivity index (χ2n) is 6.76. The van der Waals surface area contributed by atoms with E-state index in [2.05, 4.69) is 5.32 Å². The first-order valence-corrected chi connectivity index (χ1v) is 8.84. The number of alkyl halides is 2. The van der Waals surface area contributed by atoms with Crippen LogP contribution < -0.4 is 5.32 Å². The fourth-order valence-corrected chi connectivity index (χ4v) is 3.02. The Morgan fingerprint density at radius 3 is 2.41 bits per heavy atom. The van der Waals surface area contributed by atoms with Gasteiger partial charge in [-0.1, -0.05) is 0 Å². The Morgan fingerprint density at radius 1 is 1.41 bits per heavy atom. The van der Waals surface area contributed by atoms with E-state index < -0.39 is 34.6 Å². The van der Waals surface area contributed by atoms with Gasteiger partial charge in [0.2, 0.25) is 5.91 Å². The molecule has 0 aromatic rings. The lowest BCUT2D eigenvalue weighted by Gasteiger charge is -2.36. The molecular weight excluding hydrogens is 310 g/mol. The minimum absolute atomic E-state index is 0.201. The zero-order chi connectivity index (χ0) is 16.7. The van der Waals surface area contributed by atoms with Crippen molar-refractivity contribution in [2.24, 2.45) is 0 Å². The maximum atomic E-state index is 13.9. The van der Waals surface area contributed by atoms with Gasteiger partial charge in [-0.25, -0.2) is 8.78 Å². The highest BCUT2D eigenvalue weighted by Crippen LogP contribution is 2.40. The summed E-state index contributed by atoms with van der Waals surface area (Å²) in [6.07, 6.45) is 1.49. The van der Waals surface area contributed by atoms with Gasteiger partial charge in [-0.3, -0.25) is 9.59 Å². The summed E-state index contributed by atoms with van der Waals surface area (Å²) in [4.78, 5) is 26.3. The SMILES string of the molecule is CSC(C)(C)C(NC(=O)C1(F)CC1)C(=O)N1CCC(F)C1C. The summed E-state index contributed by atoms with van der Waals surface area (Å²) in [6.45, 7) is 5.65. The maximum Gasteiger partial charge on any atom is 0.258 e. The molecule has 1 aliphatic carbocycles. The number of hydrogen-bond acceptors (Lipinski definition) is 3. The molecule has 1 N–H and O–H groups in total. The summed E-state index contributed by atoms with van der Waals surface area (Å²) in [7, 11) is 0. The summed E-state index contributed by atoms with van der Waals surface area (Å²) in [6, 6.07) is -1.37. The molecule has 3 atom stereocenters. The van der Waals surface area contributed by atoms with Crippen LogP contribution >= 0.6 is 11.8 Å². The molecule has 0 radical (unpaired) electrons. The summed E-state index contributed by atoms with van der Waals surface area (Å²) >= 11 is 1.42. The first-order valence-electron chi connectivity index (χ1n) is 7.62. The molecule has 1 heterocycles. The van der Waals surface area contributed by atoms with E-state index in [9.17, 15) is 18.4 Å². The predicted molar refractivity (Wildman–Crippen MR) is 83.3 cm³/mol. The van der Waals surface area contributed by atoms with Crippen LogP contribution in [0.1, 0.15) is 40.0 Å². The van der Waals surface area contributed by atoms with Gasteiger partial charge in [0.05, 0.1) is 6.04 Å². The molecule has 2 rings (SSSR count). The maximum absolute atomic E-state index is 13.9. The number of halogens is 2. The molecule has 2 aliphatic rings. The van der Waals surface area contributed by atoms with Crippen molar-refractivity contribution in [1.82, 2.24) is 10.2 Å². The van der Waals surface area contributed by atoms with Crippen molar-refractivity contribution in [3.63, 3.8) is 0 Å². The zero-order valence-corrected chi connectivity index (χ0v) is 14.3. The molecular formula is C15H24F2N2O2S. The third-order valence-corrected chi connectivity index (χ3v) is 6.07. The van der Waals surface area contributed by atoms with Gasteiger partial charge in [-0.2, -0.15) is 11.8 Å². The molecule has 1 aliphatic heterocycles. The second-order valence-corrected chi connectivity index (χ2v) is 8.22. The van der Waals surface area contributed by atoms with E-state index >= 15 is 0 Å². The Kier molecular flexibility index (Phi) is 4.76. The van der Waals surface area contributed by atoms with Gasteiger partial charge in [-0.15, -0.1) is 0 Å². The lowest BCUT2D eigenvalue weighted by Crippen LogP contribution is -2.59. The third-order valence-electron chi connectivity index (χ3n) is 4.78. The van der Waals surface area contributed by atoms with Crippen molar-refractivity contribution in [3.8, 4) is 0 Å². The molecule has 7 heteroatoms. The van der Waals surface area contributed by atoms with Crippen LogP contribution in [0, 0.1) is 0 Å². The van der Waals surface area contributed by atoms with E-state index in [-0.39, 0.29) is 18.7 Å². The number of hydrogen-bond donors (Lipinski definition) is 1. The lowest BCUT2D eigenvalue weighted by molar-refractivity contribution is -0.139. The molecule has 22 heavy (non-hydrogen) atoms. The Morgan fingerprint density at radius 2 is 2.00 bits per heavy atom. The standard InChI is InChI=1S/C15H24F2N2O2S/c1-9-10(16)5-8-19(9)12(20)11(14(2,3)22-4)18-13(21)15(17)6-7-15/h9-11H,5-8H2,1-4H3,(H,18,21). The number of amides is 2. The smallest absolute Gasteiger partial charge is 0.258 e. The fourth-order valence-electron chi connectivity index (χ4n) is 2.63. The average Bonchev–Trinajstić information content (AvgIpc) is 3.14. The number of carbonyl (C=O) groups is 2. The monoisotopic (exact) mass is 334 g/mol. The van der Waals surface area contributed by atoms with Gasteiger partial charge in [0.25, 0.3) is 5.91 Å². The first kappa shape index (κ1) is 17.5. The van der Waals surface area contributed by atoms with Crippen molar-refractivity contribution in [2.45, 2.75) is 68.7 Å². The normalized spacial score (nSPS) is 28.4. The minimum Gasteiger partial charge on any atom is -0.340 e. The van der Waals surface area contributed by atoms with E-state index in [1.165, 1.54) is 16.7 Å². The Labute approximate surface area is 134 Å². The minimum atomic E-state index is -1.83. The topological polar surface area (TPSA) is 49.4 Å². The number of rotatable bonds is 5. The Hall–Kier alpha value is -0.850. The van der Waals surface area contributed by atoms with Crippen molar-refractivity contribution in [1.29, 1.82) is 0 Å². The van der Waals surface area contributed by atoms with Crippen LogP contribution in [0.2, 0.25) is 0 Å². The van der Waals surface area contributed by atoms with Gasteiger partial charge >= 0.3 is 0 Å². The van der Waals surface area contributed by atoms with E-state index in [1.54, 1.807) is 6.92 Å². The molecule has 2 amide bonds. The molecule has 126 valence electrons. The zero-order valence-electron chi connectivity index (χ0n) is 13.5. The van der Waals surface area contributed by atoms with Gasteiger partial charge in [-0.05, 0) is 46.3 Å². The van der Waals surface area contributed by atoms with E-state index in [0.29, 0.717) is 13.0 Å². The van der Waals surface area contributed by atoms with Crippen LogP contribution in [-0.4, -0.2) is 58.2 Å². The fraction of sp³-hybridized carbons (Fsp3) is 0.867. The number of thioether (sulfide) groups is 1. The van der Waals surface area contributed by atoms with Gasteiger partial charge in [0, 0.05) is 11.3 Å². The highest BCUT2D eigenvalue weighted by molar-refractivity contribution is 8.00. The van der Waals surface area contributed by atoms with E-state index in [1.807, 2.05) is 20.1 Å². The van der Waals surface area contributed by atoms with Crippen LogP contribution in [0.15, 0.2) is 0 Å². The molecule has 2 fully saturated rings. The van der Waals surface area contributed by atoms with Crippen LogP contribution in [0.25, 0.3) is 0 Å². The molecule has 0 bridgehead atoms. The van der Waals surface area contributed by atoms with E-state index in [4.69, 9.17) is 0 Å². The molecule has 1 saturated carbocycles. The highest BCUT2D eigenvalue weighted by Gasteiger charge is 2.53. The van der Waals surface area contributed by atoms with Gasteiger partial charge in [0.15, 0.2) is 5.67 Å². The summed E-state index contributed by atoms with van der Waals surface area (Å²) in [5.41, 5.74) is -1.83. The van der Waals surface area contributed by atoms with E-state index in [0.717, 1.165) is 0 Å². The predicted octanol–water partition coefficient (Wildman–Crippen LogP) is 2.07. The second kappa shape index (κ2) is 5.98. The van der Waals surface area contributed by atoms with Crippen molar-refractivity contribution in [3.05, 3.63) is 0 Å². The number of nitrogens with zero attached hydrogens (tertiary/aromatic N) is 1. The lowest BCUT2D eigenvalue weighted by atomic mass is 10.0. The summed E-state index contributed by atoms with van der Waals surface area (Å²) < 4.78 is 27.0. The molecule has 3 unspecified atom stereocenters.